The minimum absolute atomic E-state index is 0.110. The summed E-state index contributed by atoms with van der Waals surface area (Å²) in [5, 5.41) is 20.1. The molecule has 0 atom stereocenters. The Balaban J connectivity index is 2.38. The summed E-state index contributed by atoms with van der Waals surface area (Å²) < 4.78 is 25.7. The minimum Gasteiger partial charge on any atom is -0.502 e. The predicted molar refractivity (Wildman–Crippen MR) is 71.2 cm³/mol. The largest absolute Gasteiger partial charge is 0.502 e. The zero-order valence-electron chi connectivity index (χ0n) is 11.1. The van der Waals surface area contributed by atoms with Crippen molar-refractivity contribution in [2.45, 2.75) is 4.90 Å². The molecular weight excluding hydrogens is 302 g/mol. The van der Waals surface area contributed by atoms with E-state index in [9.17, 15) is 28.4 Å². The summed E-state index contributed by atoms with van der Waals surface area (Å²) in [7, 11) is -2.45. The first kappa shape index (κ1) is 15.2. The summed E-state index contributed by atoms with van der Waals surface area (Å²) in [6.45, 7) is 0.0466. The van der Waals surface area contributed by atoms with Gasteiger partial charge in [0.1, 0.15) is 0 Å². The van der Waals surface area contributed by atoms with E-state index in [1.165, 1.54) is 4.90 Å². The highest BCUT2D eigenvalue weighted by Crippen LogP contribution is 2.29. The number of hydrogen-bond donors (Lipinski definition) is 1. The number of nitro groups is 1. The Bertz CT molecular complexity index is 702. The predicted octanol–water partition coefficient (Wildman–Crippen LogP) is -0.237. The van der Waals surface area contributed by atoms with Crippen LogP contribution in [0, 0.1) is 10.1 Å². The zero-order chi connectivity index (χ0) is 15.8. The zero-order valence-corrected chi connectivity index (χ0v) is 11.9. The fraction of sp³-hybridized carbons (Fsp3) is 0.364. The molecule has 1 aromatic carbocycles. The number of aromatic hydroxyl groups is 1. The van der Waals surface area contributed by atoms with Gasteiger partial charge in [0.2, 0.25) is 15.9 Å². The molecule has 1 aliphatic rings. The molecule has 0 aliphatic carbocycles. The van der Waals surface area contributed by atoms with Gasteiger partial charge >= 0.3 is 5.69 Å². The number of likely N-dealkylation sites (N-methyl/N-ethyl adjacent to an activating group) is 1. The Hall–Kier alpha value is -2.20. The van der Waals surface area contributed by atoms with Gasteiger partial charge in [-0.05, 0) is 12.1 Å². The molecule has 1 aliphatic heterocycles. The Morgan fingerprint density at radius 3 is 2.57 bits per heavy atom. The van der Waals surface area contributed by atoms with Crippen LogP contribution < -0.4 is 0 Å². The van der Waals surface area contributed by atoms with E-state index in [2.05, 4.69) is 0 Å². The number of hydrogen-bond acceptors (Lipinski definition) is 6. The van der Waals surface area contributed by atoms with Crippen LogP contribution in [0.2, 0.25) is 0 Å². The fourth-order valence-corrected chi connectivity index (χ4v) is 3.30. The average Bonchev–Trinajstić information content (AvgIpc) is 2.41. The van der Waals surface area contributed by atoms with Gasteiger partial charge in [-0.15, -0.1) is 0 Å². The molecule has 1 N–H and O–H groups in total. The van der Waals surface area contributed by atoms with Gasteiger partial charge < -0.3 is 10.0 Å². The van der Waals surface area contributed by atoms with Crippen molar-refractivity contribution in [3.05, 3.63) is 28.3 Å². The molecule has 0 radical (unpaired) electrons. The van der Waals surface area contributed by atoms with Gasteiger partial charge in [0.05, 0.1) is 16.4 Å². The van der Waals surface area contributed by atoms with Gasteiger partial charge in [-0.3, -0.25) is 14.9 Å². The second kappa shape index (κ2) is 5.30. The third-order valence-electron chi connectivity index (χ3n) is 3.20. The van der Waals surface area contributed by atoms with E-state index in [0.717, 1.165) is 22.5 Å². The van der Waals surface area contributed by atoms with Crippen molar-refractivity contribution in [2.75, 3.05) is 26.7 Å². The standard InChI is InChI=1S/C11H13N3O6S/c1-12-4-5-13(7-11(12)16)21(19,20)8-2-3-10(15)9(6-8)14(17)18/h2-3,6,15H,4-5,7H2,1H3. The number of nitrogens with zero attached hydrogens (tertiary/aromatic N) is 3. The van der Waals surface area contributed by atoms with E-state index in [0.29, 0.717) is 0 Å². The van der Waals surface area contributed by atoms with Crippen molar-refractivity contribution >= 4 is 21.6 Å². The van der Waals surface area contributed by atoms with Crippen LogP contribution in [-0.4, -0.2) is 60.2 Å². The smallest absolute Gasteiger partial charge is 0.312 e. The van der Waals surface area contributed by atoms with Crippen molar-refractivity contribution in [3.63, 3.8) is 0 Å². The lowest BCUT2D eigenvalue weighted by Crippen LogP contribution is -2.50. The molecule has 10 heteroatoms. The van der Waals surface area contributed by atoms with Crippen molar-refractivity contribution in [1.29, 1.82) is 0 Å². The molecule has 1 aromatic rings. The number of sulfonamides is 1. The van der Waals surface area contributed by atoms with E-state index >= 15 is 0 Å². The summed E-state index contributed by atoms with van der Waals surface area (Å²) in [5.41, 5.74) is -0.698. The van der Waals surface area contributed by atoms with Crippen LogP contribution >= 0.6 is 0 Å². The molecule has 1 fully saturated rings. The molecule has 0 saturated carbocycles. The second-order valence-electron chi connectivity index (χ2n) is 4.56. The van der Waals surface area contributed by atoms with Crippen LogP contribution in [0.3, 0.4) is 0 Å². The van der Waals surface area contributed by atoms with E-state index in [1.54, 1.807) is 7.05 Å². The normalized spacial score (nSPS) is 17.0. The maximum absolute atomic E-state index is 12.4. The molecule has 0 unspecified atom stereocenters. The maximum Gasteiger partial charge on any atom is 0.312 e. The summed E-state index contributed by atoms with van der Waals surface area (Å²) in [6.07, 6.45) is 0. The number of rotatable bonds is 3. The number of phenolic OH excluding ortho intramolecular Hbond substituents is 1. The SMILES string of the molecule is CN1CCN(S(=O)(=O)c2ccc(O)c([N+](=O)[O-])c2)CC1=O. The third kappa shape index (κ3) is 2.81. The highest BCUT2D eigenvalue weighted by molar-refractivity contribution is 7.89. The van der Waals surface area contributed by atoms with Gasteiger partial charge in [0.15, 0.2) is 5.75 Å². The van der Waals surface area contributed by atoms with Crippen LogP contribution in [0.25, 0.3) is 0 Å². The molecule has 114 valence electrons. The third-order valence-corrected chi connectivity index (χ3v) is 5.04. The van der Waals surface area contributed by atoms with Crippen molar-refractivity contribution < 1.29 is 23.2 Å². The molecule has 1 saturated heterocycles. The molecule has 1 amide bonds. The summed E-state index contributed by atoms with van der Waals surface area (Å²) in [6, 6.07) is 2.80. The van der Waals surface area contributed by atoms with Crippen molar-refractivity contribution in [1.82, 2.24) is 9.21 Å². The Morgan fingerprint density at radius 2 is 2.00 bits per heavy atom. The maximum atomic E-state index is 12.4. The van der Waals surface area contributed by atoms with E-state index in [-0.39, 0.29) is 30.4 Å². The second-order valence-corrected chi connectivity index (χ2v) is 6.50. The van der Waals surface area contributed by atoms with Crippen LogP contribution in [0.1, 0.15) is 0 Å². The van der Waals surface area contributed by atoms with Gasteiger partial charge in [0.25, 0.3) is 0 Å². The molecule has 1 heterocycles. The Kier molecular flexibility index (Phi) is 3.83. The molecule has 0 aromatic heterocycles. The van der Waals surface area contributed by atoms with Crippen molar-refractivity contribution in [3.8, 4) is 5.75 Å². The van der Waals surface area contributed by atoms with Gasteiger partial charge in [-0.25, -0.2) is 8.42 Å². The van der Waals surface area contributed by atoms with Gasteiger partial charge in [-0.2, -0.15) is 4.31 Å². The lowest BCUT2D eigenvalue weighted by atomic mass is 10.3. The number of phenols is 1. The first-order valence-electron chi connectivity index (χ1n) is 5.95. The van der Waals surface area contributed by atoms with Crippen molar-refractivity contribution in [2.24, 2.45) is 0 Å². The average molecular weight is 315 g/mol. The molecular formula is C11H13N3O6S. The monoisotopic (exact) mass is 315 g/mol. The molecule has 2 rings (SSSR count). The van der Waals surface area contributed by atoms with E-state index < -0.39 is 26.4 Å². The number of nitro benzene ring substituents is 1. The van der Waals surface area contributed by atoms with Crippen LogP contribution in [0.4, 0.5) is 5.69 Å². The molecule has 9 nitrogen and oxygen atoms in total. The molecule has 0 spiro atoms. The molecule has 0 bridgehead atoms. The van der Waals surface area contributed by atoms with E-state index in [1.807, 2.05) is 0 Å². The number of benzene rings is 1. The van der Waals surface area contributed by atoms with Crippen LogP contribution in [0.5, 0.6) is 5.75 Å². The summed E-state index contributed by atoms with van der Waals surface area (Å²) >= 11 is 0. The van der Waals surface area contributed by atoms with Gasteiger partial charge in [-0.1, -0.05) is 0 Å². The summed E-state index contributed by atoms with van der Waals surface area (Å²) in [5.74, 6) is -0.966. The number of carbonyl (C=O) groups excluding carboxylic acids is 1. The number of amides is 1. The first-order chi connectivity index (χ1) is 9.73. The minimum atomic E-state index is -4.02. The van der Waals surface area contributed by atoms with Gasteiger partial charge in [0, 0.05) is 26.2 Å². The lowest BCUT2D eigenvalue weighted by molar-refractivity contribution is -0.386. The number of piperazine rings is 1. The lowest BCUT2D eigenvalue weighted by Gasteiger charge is -2.31. The quantitative estimate of drug-likeness (QED) is 0.607. The first-order valence-corrected chi connectivity index (χ1v) is 7.39. The Labute approximate surface area is 120 Å². The molecule has 21 heavy (non-hydrogen) atoms. The highest BCUT2D eigenvalue weighted by atomic mass is 32.2. The summed E-state index contributed by atoms with van der Waals surface area (Å²) in [4.78, 5) is 22.5. The highest BCUT2D eigenvalue weighted by Gasteiger charge is 2.32. The Morgan fingerprint density at radius 1 is 1.33 bits per heavy atom. The fourth-order valence-electron chi connectivity index (χ4n) is 1.90. The van der Waals surface area contributed by atoms with E-state index in [4.69, 9.17) is 0 Å². The number of carbonyl (C=O) groups is 1. The topological polar surface area (TPSA) is 121 Å². The van der Waals surface area contributed by atoms with Crippen LogP contribution in [-0.2, 0) is 14.8 Å². The van der Waals surface area contributed by atoms with Crippen LogP contribution in [0.15, 0.2) is 23.1 Å².